The highest BCUT2D eigenvalue weighted by atomic mass is 32.1. The van der Waals surface area contributed by atoms with E-state index in [2.05, 4.69) is 10.1 Å². The summed E-state index contributed by atoms with van der Waals surface area (Å²) >= 11 is 1.14. The number of carbonyl (C=O) groups excluding carboxylic acids is 1. The van der Waals surface area contributed by atoms with Crippen LogP contribution in [0, 0.1) is 0 Å². The molecule has 0 aromatic carbocycles. The summed E-state index contributed by atoms with van der Waals surface area (Å²) in [6.07, 6.45) is -1.43. The van der Waals surface area contributed by atoms with Crippen LogP contribution < -0.4 is 10.1 Å². The average Bonchev–Trinajstić information content (AvgIpc) is 2.47. The first-order valence-corrected chi connectivity index (χ1v) is 5.48. The Morgan fingerprint density at radius 3 is 2.56 bits per heavy atom. The second-order valence-corrected chi connectivity index (χ2v) is 5.10. The molecule has 1 heterocycles. The van der Waals surface area contributed by atoms with Gasteiger partial charge in [-0.25, -0.2) is 4.79 Å². The van der Waals surface area contributed by atoms with Gasteiger partial charge in [0.2, 0.25) is 0 Å². The quantitative estimate of drug-likeness (QED) is 0.782. The van der Waals surface area contributed by atoms with E-state index in [1.54, 1.807) is 5.38 Å². The van der Waals surface area contributed by atoms with Gasteiger partial charge in [0.25, 0.3) is 5.91 Å². The van der Waals surface area contributed by atoms with Crippen molar-refractivity contribution in [3.63, 3.8) is 0 Å². The lowest BCUT2D eigenvalue weighted by atomic mass is 10.1. The molecule has 0 aliphatic carbocycles. The van der Waals surface area contributed by atoms with Gasteiger partial charge in [0, 0.05) is 5.54 Å². The predicted molar refractivity (Wildman–Crippen MR) is 60.2 cm³/mol. The third kappa shape index (κ3) is 3.54. The Morgan fingerprint density at radius 2 is 2.06 bits per heavy atom. The zero-order valence-electron chi connectivity index (χ0n) is 9.23. The highest BCUT2D eigenvalue weighted by molar-refractivity contribution is 7.12. The average molecular weight is 243 g/mol. The van der Waals surface area contributed by atoms with Crippen LogP contribution in [0.4, 0.5) is 4.79 Å². The van der Waals surface area contributed by atoms with E-state index in [1.165, 1.54) is 6.07 Å². The van der Waals surface area contributed by atoms with Crippen molar-refractivity contribution < 1.29 is 19.4 Å². The van der Waals surface area contributed by atoms with Crippen LogP contribution in [0.3, 0.4) is 0 Å². The highest BCUT2D eigenvalue weighted by Crippen LogP contribution is 2.25. The van der Waals surface area contributed by atoms with Gasteiger partial charge in [-0.1, -0.05) is 0 Å². The topological polar surface area (TPSA) is 75.6 Å². The van der Waals surface area contributed by atoms with E-state index >= 15 is 0 Å². The number of thiophene rings is 1. The van der Waals surface area contributed by atoms with Crippen LogP contribution in [0.1, 0.15) is 30.4 Å². The smallest absolute Gasteiger partial charge is 0.449 e. The van der Waals surface area contributed by atoms with Gasteiger partial charge in [-0.3, -0.25) is 4.79 Å². The molecule has 0 unspecified atom stereocenters. The van der Waals surface area contributed by atoms with Crippen molar-refractivity contribution in [3.05, 3.63) is 16.3 Å². The number of rotatable bonds is 2. The van der Waals surface area contributed by atoms with Crippen LogP contribution in [0.15, 0.2) is 11.4 Å². The first kappa shape index (κ1) is 12.5. The summed E-state index contributed by atoms with van der Waals surface area (Å²) in [7, 11) is 0. The van der Waals surface area contributed by atoms with Gasteiger partial charge in [-0.15, -0.1) is 11.3 Å². The molecule has 0 bridgehead atoms. The maximum Gasteiger partial charge on any atom is 0.511 e. The van der Waals surface area contributed by atoms with Gasteiger partial charge < -0.3 is 15.2 Å². The largest absolute Gasteiger partial charge is 0.511 e. The van der Waals surface area contributed by atoms with Crippen LogP contribution >= 0.6 is 11.3 Å². The molecule has 1 aromatic heterocycles. The van der Waals surface area contributed by atoms with Gasteiger partial charge in [0.1, 0.15) is 4.88 Å². The maximum atomic E-state index is 11.8. The van der Waals surface area contributed by atoms with E-state index in [4.69, 9.17) is 5.11 Å². The lowest BCUT2D eigenvalue weighted by Gasteiger charge is -2.20. The van der Waals surface area contributed by atoms with Crippen LogP contribution in [0.25, 0.3) is 0 Å². The van der Waals surface area contributed by atoms with Crippen molar-refractivity contribution >= 4 is 23.4 Å². The zero-order valence-corrected chi connectivity index (χ0v) is 10.1. The molecule has 0 spiro atoms. The molecular formula is C10H13NO4S. The van der Waals surface area contributed by atoms with Gasteiger partial charge in [0.15, 0.2) is 5.75 Å². The molecule has 0 atom stereocenters. The Labute approximate surface area is 97.0 Å². The normalized spacial score (nSPS) is 10.9. The Balaban J connectivity index is 2.84. The van der Waals surface area contributed by atoms with Crippen LogP contribution in [0.5, 0.6) is 5.75 Å². The van der Waals surface area contributed by atoms with Gasteiger partial charge in [-0.2, -0.15) is 0 Å². The molecule has 2 N–H and O–H groups in total. The van der Waals surface area contributed by atoms with E-state index in [0.29, 0.717) is 0 Å². The van der Waals surface area contributed by atoms with Gasteiger partial charge in [0.05, 0.1) is 0 Å². The number of hydrogen-bond acceptors (Lipinski definition) is 4. The maximum absolute atomic E-state index is 11.8. The van der Waals surface area contributed by atoms with Crippen molar-refractivity contribution in [2.75, 3.05) is 0 Å². The fourth-order valence-electron chi connectivity index (χ4n) is 1.03. The Morgan fingerprint density at radius 1 is 1.44 bits per heavy atom. The number of hydrogen-bond donors (Lipinski definition) is 2. The molecule has 16 heavy (non-hydrogen) atoms. The number of amides is 1. The fraction of sp³-hybridized carbons (Fsp3) is 0.400. The summed E-state index contributed by atoms with van der Waals surface area (Å²) in [5.41, 5.74) is -0.373. The van der Waals surface area contributed by atoms with Crippen molar-refractivity contribution in [2.24, 2.45) is 0 Å². The van der Waals surface area contributed by atoms with E-state index in [-0.39, 0.29) is 22.1 Å². The lowest BCUT2D eigenvalue weighted by Crippen LogP contribution is -2.40. The molecule has 1 amide bonds. The third-order valence-electron chi connectivity index (χ3n) is 1.52. The molecule has 0 radical (unpaired) electrons. The molecule has 88 valence electrons. The number of nitrogens with one attached hydrogen (secondary N) is 1. The number of carbonyl (C=O) groups is 2. The third-order valence-corrected chi connectivity index (χ3v) is 2.42. The molecule has 0 aliphatic rings. The van der Waals surface area contributed by atoms with Crippen molar-refractivity contribution in [1.82, 2.24) is 5.32 Å². The Kier molecular flexibility index (Phi) is 3.54. The lowest BCUT2D eigenvalue weighted by molar-refractivity contribution is 0.0920. The zero-order chi connectivity index (χ0) is 12.3. The fourth-order valence-corrected chi connectivity index (χ4v) is 1.75. The molecule has 0 fully saturated rings. The van der Waals surface area contributed by atoms with E-state index in [0.717, 1.165) is 11.3 Å². The standard InChI is InChI=1S/C10H13NO4S/c1-10(2,3)11-8(12)7-6(4-5-16-7)15-9(13)14/h4-5H,1-3H3,(H,11,12)(H,13,14). The molecule has 0 aliphatic heterocycles. The first-order valence-electron chi connectivity index (χ1n) is 4.60. The van der Waals surface area contributed by atoms with Crippen LogP contribution in [-0.2, 0) is 0 Å². The highest BCUT2D eigenvalue weighted by Gasteiger charge is 2.21. The molecule has 1 aromatic rings. The summed E-state index contributed by atoms with van der Waals surface area (Å²) in [5.74, 6) is -0.266. The number of ether oxygens (including phenoxy) is 1. The number of carboxylic acid groups (broad SMARTS) is 1. The molecule has 0 saturated carbocycles. The summed E-state index contributed by atoms with van der Waals surface area (Å²) in [5, 5.41) is 12.8. The van der Waals surface area contributed by atoms with Gasteiger partial charge >= 0.3 is 6.16 Å². The van der Waals surface area contributed by atoms with E-state index in [1.807, 2.05) is 20.8 Å². The predicted octanol–water partition coefficient (Wildman–Crippen LogP) is 2.33. The SMILES string of the molecule is CC(C)(C)NC(=O)c1sccc1OC(=O)O. The molecule has 0 saturated heterocycles. The summed E-state index contributed by atoms with van der Waals surface area (Å²) in [4.78, 5) is 22.4. The minimum Gasteiger partial charge on any atom is -0.449 e. The van der Waals surface area contributed by atoms with Crippen molar-refractivity contribution in [3.8, 4) is 5.75 Å². The van der Waals surface area contributed by atoms with Crippen LogP contribution in [-0.4, -0.2) is 22.7 Å². The second-order valence-electron chi connectivity index (χ2n) is 4.19. The second kappa shape index (κ2) is 4.52. The summed E-state index contributed by atoms with van der Waals surface area (Å²) in [6.45, 7) is 5.53. The molecule has 6 heteroatoms. The summed E-state index contributed by atoms with van der Waals surface area (Å²) in [6, 6.07) is 1.45. The minimum absolute atomic E-state index is 0.0688. The molecule has 5 nitrogen and oxygen atoms in total. The van der Waals surface area contributed by atoms with Gasteiger partial charge in [-0.05, 0) is 32.2 Å². The Hall–Kier alpha value is -1.56. The van der Waals surface area contributed by atoms with Crippen LogP contribution in [0.2, 0.25) is 0 Å². The van der Waals surface area contributed by atoms with Crippen molar-refractivity contribution in [1.29, 1.82) is 0 Å². The van der Waals surface area contributed by atoms with Crippen molar-refractivity contribution in [2.45, 2.75) is 26.3 Å². The van der Waals surface area contributed by atoms with E-state index in [9.17, 15) is 9.59 Å². The molecule has 1 rings (SSSR count). The first-order chi connectivity index (χ1) is 7.29. The minimum atomic E-state index is -1.43. The molecular weight excluding hydrogens is 230 g/mol. The summed E-state index contributed by atoms with van der Waals surface area (Å²) < 4.78 is 4.49. The van der Waals surface area contributed by atoms with E-state index < -0.39 is 6.16 Å². The monoisotopic (exact) mass is 243 g/mol. The Bertz CT molecular complexity index is 405.